The van der Waals surface area contributed by atoms with Crippen molar-refractivity contribution < 1.29 is 9.47 Å². The number of hydrogen-bond donors (Lipinski definition) is 1. The van der Waals surface area contributed by atoms with Crippen molar-refractivity contribution >= 4 is 5.82 Å². The van der Waals surface area contributed by atoms with Crippen LogP contribution in [0.1, 0.15) is 26.3 Å². The van der Waals surface area contributed by atoms with Gasteiger partial charge in [-0.2, -0.15) is 5.10 Å². The summed E-state index contributed by atoms with van der Waals surface area (Å²) in [4.78, 5) is 11.4. The smallest absolute Gasteiger partial charge is 0.266 e. The van der Waals surface area contributed by atoms with Gasteiger partial charge in [-0.3, -0.25) is 4.79 Å². The van der Waals surface area contributed by atoms with Crippen LogP contribution in [0, 0.1) is 5.92 Å². The number of aromatic nitrogens is 2. The third kappa shape index (κ3) is 5.01. The Morgan fingerprint density at radius 1 is 1.17 bits per heavy atom. The van der Waals surface area contributed by atoms with Crippen LogP contribution in [0.25, 0.3) is 0 Å². The quantitative estimate of drug-likeness (QED) is 0.806. The van der Waals surface area contributed by atoms with Gasteiger partial charge in [-0.15, -0.1) is 0 Å². The molecule has 0 radical (unpaired) electrons. The molecule has 0 unspecified atom stereocenters. The molecule has 0 saturated carbocycles. The van der Waals surface area contributed by atoms with Crippen molar-refractivity contribution in [2.45, 2.75) is 27.3 Å². The first kappa shape index (κ1) is 17.8. The van der Waals surface area contributed by atoms with Gasteiger partial charge in [0.05, 0.1) is 13.2 Å². The maximum absolute atomic E-state index is 11.4. The monoisotopic (exact) mass is 331 g/mol. The molecule has 0 spiro atoms. The lowest BCUT2D eigenvalue weighted by molar-refractivity contribution is 0.248. The molecule has 0 saturated heterocycles. The Hall–Kier alpha value is -2.50. The van der Waals surface area contributed by atoms with E-state index in [1.807, 2.05) is 25.1 Å². The molecule has 6 nitrogen and oxygen atoms in total. The van der Waals surface area contributed by atoms with E-state index in [1.165, 1.54) is 10.7 Å². The molecule has 0 bridgehead atoms. The molecule has 2 rings (SSSR count). The summed E-state index contributed by atoms with van der Waals surface area (Å²) >= 11 is 0. The molecule has 0 amide bonds. The van der Waals surface area contributed by atoms with Crippen LogP contribution in [0.3, 0.4) is 0 Å². The normalized spacial score (nSPS) is 10.7. The van der Waals surface area contributed by atoms with Gasteiger partial charge in [-0.1, -0.05) is 19.9 Å². The lowest BCUT2D eigenvalue weighted by atomic mass is 10.2. The van der Waals surface area contributed by atoms with E-state index in [9.17, 15) is 4.79 Å². The van der Waals surface area contributed by atoms with Gasteiger partial charge in [0.15, 0.2) is 11.5 Å². The zero-order valence-corrected chi connectivity index (χ0v) is 14.7. The first-order valence-electron chi connectivity index (χ1n) is 8.16. The number of anilines is 1. The van der Waals surface area contributed by atoms with Gasteiger partial charge in [0.2, 0.25) is 0 Å². The number of ether oxygens (including phenoxy) is 2. The Balaban J connectivity index is 2.08. The average Bonchev–Trinajstić information content (AvgIpc) is 2.55. The van der Waals surface area contributed by atoms with Gasteiger partial charge in [0.25, 0.3) is 5.56 Å². The Morgan fingerprint density at radius 2 is 1.96 bits per heavy atom. The Bertz CT molecular complexity index is 726. The van der Waals surface area contributed by atoms with Crippen LogP contribution in [0.5, 0.6) is 11.5 Å². The fourth-order valence-electron chi connectivity index (χ4n) is 2.10. The highest BCUT2D eigenvalue weighted by molar-refractivity contribution is 5.44. The fraction of sp³-hybridized carbons (Fsp3) is 0.444. The minimum Gasteiger partial charge on any atom is -0.490 e. The van der Waals surface area contributed by atoms with Crippen molar-refractivity contribution in [1.29, 1.82) is 0 Å². The lowest BCUT2D eigenvalue weighted by Gasteiger charge is -2.15. The molecule has 0 aliphatic heterocycles. The number of benzene rings is 1. The van der Waals surface area contributed by atoms with E-state index in [0.717, 1.165) is 17.1 Å². The fourth-order valence-corrected chi connectivity index (χ4v) is 2.10. The number of rotatable bonds is 8. The third-order valence-corrected chi connectivity index (χ3v) is 3.31. The topological polar surface area (TPSA) is 65.4 Å². The first-order valence-corrected chi connectivity index (χ1v) is 8.16. The summed E-state index contributed by atoms with van der Waals surface area (Å²) in [6, 6.07) is 9.05. The van der Waals surface area contributed by atoms with Crippen LogP contribution < -0.4 is 20.3 Å². The van der Waals surface area contributed by atoms with Crippen molar-refractivity contribution in [2.75, 3.05) is 18.5 Å². The van der Waals surface area contributed by atoms with Crippen molar-refractivity contribution in [2.24, 2.45) is 13.0 Å². The van der Waals surface area contributed by atoms with Gasteiger partial charge in [-0.25, -0.2) is 4.68 Å². The molecule has 1 aromatic heterocycles. The number of hydrogen-bond acceptors (Lipinski definition) is 5. The number of aryl methyl sites for hydroxylation is 1. The Morgan fingerprint density at radius 3 is 2.62 bits per heavy atom. The molecule has 0 aliphatic rings. The summed E-state index contributed by atoms with van der Waals surface area (Å²) < 4.78 is 12.8. The zero-order valence-electron chi connectivity index (χ0n) is 14.7. The summed E-state index contributed by atoms with van der Waals surface area (Å²) in [6.07, 6.45) is 0. The van der Waals surface area contributed by atoms with Crippen LogP contribution in [0.2, 0.25) is 0 Å². The average molecular weight is 331 g/mol. The van der Waals surface area contributed by atoms with Gasteiger partial charge in [0, 0.05) is 19.7 Å². The van der Waals surface area contributed by atoms with E-state index in [4.69, 9.17) is 9.47 Å². The first-order chi connectivity index (χ1) is 11.5. The molecule has 0 atom stereocenters. The van der Waals surface area contributed by atoms with E-state index in [2.05, 4.69) is 24.3 Å². The third-order valence-electron chi connectivity index (χ3n) is 3.31. The summed E-state index contributed by atoms with van der Waals surface area (Å²) in [7, 11) is 1.63. The molecule has 1 aromatic carbocycles. The largest absolute Gasteiger partial charge is 0.490 e. The lowest BCUT2D eigenvalue weighted by Crippen LogP contribution is -2.19. The van der Waals surface area contributed by atoms with Crippen molar-refractivity contribution in [3.8, 4) is 11.5 Å². The highest BCUT2D eigenvalue weighted by atomic mass is 16.5. The summed E-state index contributed by atoms with van der Waals surface area (Å²) in [5, 5.41) is 7.35. The summed E-state index contributed by atoms with van der Waals surface area (Å²) in [5.41, 5.74) is 0.914. The van der Waals surface area contributed by atoms with Gasteiger partial charge in [-0.05, 0) is 36.6 Å². The van der Waals surface area contributed by atoms with Gasteiger partial charge < -0.3 is 14.8 Å². The summed E-state index contributed by atoms with van der Waals surface area (Å²) in [6.45, 7) is 7.98. The molecule has 1 N–H and O–H groups in total. The molecule has 0 fully saturated rings. The predicted molar refractivity (Wildman–Crippen MR) is 94.7 cm³/mol. The molecule has 2 aromatic rings. The standard InChI is InChI=1S/C18H25N3O3/c1-5-23-16-10-14(6-7-15(16)24-12-13(2)3)11-19-17-8-9-18(22)21(4)20-17/h6-10,13H,5,11-12H2,1-4H3,(H,19,20). The maximum Gasteiger partial charge on any atom is 0.266 e. The van der Waals surface area contributed by atoms with E-state index in [1.54, 1.807) is 13.1 Å². The molecule has 24 heavy (non-hydrogen) atoms. The van der Waals surface area contributed by atoms with E-state index >= 15 is 0 Å². The maximum atomic E-state index is 11.4. The van der Waals surface area contributed by atoms with Crippen LogP contribution in [0.15, 0.2) is 35.1 Å². The Kier molecular flexibility index (Phi) is 6.23. The number of nitrogens with one attached hydrogen (secondary N) is 1. The summed E-state index contributed by atoms with van der Waals surface area (Å²) in [5.74, 6) is 2.60. The minimum absolute atomic E-state index is 0.133. The van der Waals surface area contributed by atoms with Crippen LogP contribution in [-0.4, -0.2) is 23.0 Å². The van der Waals surface area contributed by atoms with E-state index in [-0.39, 0.29) is 5.56 Å². The molecule has 130 valence electrons. The van der Waals surface area contributed by atoms with E-state index < -0.39 is 0 Å². The molecule has 0 aliphatic carbocycles. The molecular weight excluding hydrogens is 306 g/mol. The molecule has 1 heterocycles. The van der Waals surface area contributed by atoms with Gasteiger partial charge in [0.1, 0.15) is 5.82 Å². The van der Waals surface area contributed by atoms with Crippen molar-refractivity contribution in [3.63, 3.8) is 0 Å². The number of nitrogens with zero attached hydrogens (tertiary/aromatic N) is 2. The second-order valence-electron chi connectivity index (χ2n) is 5.95. The predicted octanol–water partition coefficient (Wildman–Crippen LogP) is 2.83. The second-order valence-corrected chi connectivity index (χ2v) is 5.95. The van der Waals surface area contributed by atoms with Crippen molar-refractivity contribution in [1.82, 2.24) is 9.78 Å². The van der Waals surface area contributed by atoms with Crippen molar-refractivity contribution in [3.05, 3.63) is 46.2 Å². The van der Waals surface area contributed by atoms with Crippen LogP contribution >= 0.6 is 0 Å². The highest BCUT2D eigenvalue weighted by Gasteiger charge is 2.08. The van der Waals surface area contributed by atoms with Gasteiger partial charge >= 0.3 is 0 Å². The SMILES string of the molecule is CCOc1cc(CNc2ccc(=O)n(C)n2)ccc1OCC(C)C. The second kappa shape index (κ2) is 8.38. The molecule has 6 heteroatoms. The highest BCUT2D eigenvalue weighted by Crippen LogP contribution is 2.29. The van der Waals surface area contributed by atoms with E-state index in [0.29, 0.717) is 31.5 Å². The Labute approximate surface area is 142 Å². The zero-order chi connectivity index (χ0) is 17.5. The van der Waals surface area contributed by atoms with Crippen LogP contribution in [-0.2, 0) is 13.6 Å². The molecular formula is C18H25N3O3. The minimum atomic E-state index is -0.133. The van der Waals surface area contributed by atoms with Crippen LogP contribution in [0.4, 0.5) is 5.82 Å².